The molecular formula is C33H55N5O7. The summed E-state index contributed by atoms with van der Waals surface area (Å²) >= 11 is 0. The second-order valence-corrected chi connectivity index (χ2v) is 12.4. The summed E-state index contributed by atoms with van der Waals surface area (Å²) in [5.41, 5.74) is 1.88. The van der Waals surface area contributed by atoms with Gasteiger partial charge in [-0.2, -0.15) is 0 Å². The van der Waals surface area contributed by atoms with Crippen LogP contribution in [-0.2, 0) is 25.5 Å². The summed E-state index contributed by atoms with van der Waals surface area (Å²) in [7, 11) is 0. The van der Waals surface area contributed by atoms with E-state index in [-0.39, 0.29) is 31.6 Å². The van der Waals surface area contributed by atoms with E-state index >= 15 is 0 Å². The van der Waals surface area contributed by atoms with Crippen LogP contribution in [0.25, 0.3) is 0 Å². The topological polar surface area (TPSA) is 158 Å². The summed E-state index contributed by atoms with van der Waals surface area (Å²) < 4.78 is 9.96. The lowest BCUT2D eigenvalue weighted by Gasteiger charge is -2.36. The van der Waals surface area contributed by atoms with Crippen molar-refractivity contribution in [3.8, 4) is 0 Å². The van der Waals surface area contributed by atoms with Crippen LogP contribution in [0.2, 0.25) is 0 Å². The predicted molar refractivity (Wildman–Crippen MR) is 172 cm³/mol. The van der Waals surface area contributed by atoms with Gasteiger partial charge in [-0.15, -0.1) is 0 Å². The molecule has 0 radical (unpaired) electrons. The third-order valence-corrected chi connectivity index (χ3v) is 8.12. The van der Waals surface area contributed by atoms with Crippen molar-refractivity contribution in [2.45, 2.75) is 104 Å². The quantitative estimate of drug-likeness (QED) is 0.128. The first-order valence-electron chi connectivity index (χ1n) is 16.4. The van der Waals surface area contributed by atoms with Gasteiger partial charge in [0.1, 0.15) is 6.04 Å². The number of hydrazine groups is 1. The Morgan fingerprint density at radius 3 is 2.13 bits per heavy atom. The van der Waals surface area contributed by atoms with E-state index < -0.39 is 41.8 Å². The summed E-state index contributed by atoms with van der Waals surface area (Å²) in [5.74, 6) is -1.69. The summed E-state index contributed by atoms with van der Waals surface area (Å²) in [6.45, 7) is 11.3. The maximum Gasteiger partial charge on any atom is 0.409 e. The molecular weight excluding hydrogens is 578 g/mol. The smallest absolute Gasteiger partial charge is 0.409 e. The van der Waals surface area contributed by atoms with Crippen molar-refractivity contribution >= 4 is 24.0 Å². The van der Waals surface area contributed by atoms with Crippen molar-refractivity contribution in [3.63, 3.8) is 0 Å². The first-order chi connectivity index (χ1) is 21.4. The molecule has 1 aromatic rings. The van der Waals surface area contributed by atoms with E-state index in [0.717, 1.165) is 31.2 Å². The van der Waals surface area contributed by atoms with E-state index in [1.807, 2.05) is 49.2 Å². The number of benzene rings is 1. The summed E-state index contributed by atoms with van der Waals surface area (Å²) in [5, 5.41) is 21.1. The fraction of sp³-hybridized carbons (Fsp3) is 0.697. The highest BCUT2D eigenvalue weighted by molar-refractivity contribution is 5.88. The molecule has 254 valence electrons. The number of carbonyl (C=O) groups is 4. The molecule has 0 unspecified atom stereocenters. The zero-order valence-corrected chi connectivity index (χ0v) is 27.9. The van der Waals surface area contributed by atoms with Gasteiger partial charge < -0.3 is 25.2 Å². The van der Waals surface area contributed by atoms with E-state index in [9.17, 15) is 24.3 Å². The third-order valence-electron chi connectivity index (χ3n) is 8.12. The van der Waals surface area contributed by atoms with E-state index in [2.05, 4.69) is 21.4 Å². The molecule has 0 heterocycles. The van der Waals surface area contributed by atoms with Crippen LogP contribution in [0.4, 0.5) is 9.59 Å². The zero-order valence-electron chi connectivity index (χ0n) is 27.9. The Hall–Kier alpha value is -3.38. The molecule has 12 nitrogen and oxygen atoms in total. The van der Waals surface area contributed by atoms with Gasteiger partial charge in [0.05, 0.1) is 13.2 Å². The Balaban J connectivity index is 2.34. The number of aliphatic hydroxyl groups is 1. The Bertz CT molecular complexity index is 1060. The second-order valence-electron chi connectivity index (χ2n) is 12.4. The van der Waals surface area contributed by atoms with Gasteiger partial charge in [-0.05, 0) is 56.9 Å². The van der Waals surface area contributed by atoms with Crippen molar-refractivity contribution in [2.24, 2.45) is 17.8 Å². The van der Waals surface area contributed by atoms with E-state index in [1.165, 1.54) is 6.42 Å². The molecule has 1 aliphatic rings. The van der Waals surface area contributed by atoms with E-state index in [1.54, 1.807) is 27.7 Å². The Morgan fingerprint density at radius 1 is 0.933 bits per heavy atom. The SMILES string of the molecule is CCOC(=O)N[C@H](C(=O)NN(CC1CCCCC1)C[C@H](CCc1ccccc1)NC(=O)[C@@](O)(NC(=O)OCC)C(C)C)C(C)C. The number of aryl methyl sites for hydroxylation is 1. The second kappa shape index (κ2) is 19.2. The van der Waals surface area contributed by atoms with Gasteiger partial charge in [-0.1, -0.05) is 77.3 Å². The fourth-order valence-electron chi connectivity index (χ4n) is 5.45. The van der Waals surface area contributed by atoms with E-state index in [4.69, 9.17) is 9.47 Å². The molecule has 5 N–H and O–H groups in total. The maximum absolute atomic E-state index is 13.6. The van der Waals surface area contributed by atoms with Gasteiger partial charge >= 0.3 is 12.2 Å². The van der Waals surface area contributed by atoms with Crippen LogP contribution >= 0.6 is 0 Å². The summed E-state index contributed by atoms with van der Waals surface area (Å²) in [4.78, 5) is 51.7. The van der Waals surface area contributed by atoms with Gasteiger partial charge in [0, 0.05) is 25.0 Å². The molecule has 0 aliphatic heterocycles. The fourth-order valence-corrected chi connectivity index (χ4v) is 5.45. The highest BCUT2D eigenvalue weighted by Gasteiger charge is 2.42. The number of rotatable bonds is 17. The lowest BCUT2D eigenvalue weighted by molar-refractivity contribution is -0.149. The Labute approximate surface area is 268 Å². The van der Waals surface area contributed by atoms with Crippen LogP contribution in [0, 0.1) is 17.8 Å². The number of ether oxygens (including phenoxy) is 2. The monoisotopic (exact) mass is 633 g/mol. The molecule has 0 bridgehead atoms. The van der Waals surface area contributed by atoms with Gasteiger partial charge in [0.2, 0.25) is 5.72 Å². The molecule has 1 saturated carbocycles. The minimum absolute atomic E-state index is 0.0829. The lowest BCUT2D eigenvalue weighted by atomic mass is 9.89. The minimum Gasteiger partial charge on any atom is -0.450 e. The molecule has 0 aromatic heterocycles. The summed E-state index contributed by atoms with van der Waals surface area (Å²) in [6.07, 6.45) is 5.01. The largest absolute Gasteiger partial charge is 0.450 e. The third kappa shape index (κ3) is 12.9. The summed E-state index contributed by atoms with van der Waals surface area (Å²) in [6, 6.07) is 8.47. The number of carbonyl (C=O) groups excluding carboxylic acids is 4. The highest BCUT2D eigenvalue weighted by atomic mass is 16.6. The lowest BCUT2D eigenvalue weighted by Crippen LogP contribution is -2.65. The molecule has 0 spiro atoms. The van der Waals surface area contributed by atoms with Crippen LogP contribution in [0.15, 0.2) is 30.3 Å². The molecule has 1 fully saturated rings. The van der Waals surface area contributed by atoms with Crippen LogP contribution < -0.4 is 21.4 Å². The van der Waals surface area contributed by atoms with E-state index in [0.29, 0.717) is 25.3 Å². The van der Waals surface area contributed by atoms with Crippen molar-refractivity contribution in [2.75, 3.05) is 26.3 Å². The molecule has 0 saturated heterocycles. The van der Waals surface area contributed by atoms with Crippen LogP contribution in [-0.4, -0.2) is 78.2 Å². The number of amides is 4. The number of nitrogens with one attached hydrogen (secondary N) is 4. The first-order valence-corrected chi connectivity index (χ1v) is 16.4. The van der Waals surface area contributed by atoms with Crippen molar-refractivity contribution in [1.29, 1.82) is 0 Å². The highest BCUT2D eigenvalue weighted by Crippen LogP contribution is 2.24. The van der Waals surface area contributed by atoms with Crippen molar-refractivity contribution in [3.05, 3.63) is 35.9 Å². The van der Waals surface area contributed by atoms with Crippen LogP contribution in [0.3, 0.4) is 0 Å². The van der Waals surface area contributed by atoms with Gasteiger partial charge in [-0.3, -0.25) is 20.3 Å². The number of hydrogen-bond acceptors (Lipinski definition) is 8. The molecule has 4 amide bonds. The average molecular weight is 634 g/mol. The first kappa shape index (κ1) is 37.8. The maximum atomic E-state index is 13.6. The predicted octanol–water partition coefficient (Wildman–Crippen LogP) is 3.88. The van der Waals surface area contributed by atoms with Crippen LogP contribution in [0.5, 0.6) is 0 Å². The Morgan fingerprint density at radius 2 is 1.56 bits per heavy atom. The normalized spacial score (nSPS) is 16.4. The number of hydrogen-bond donors (Lipinski definition) is 5. The molecule has 1 aliphatic carbocycles. The standard InChI is InChI=1S/C33H55N5O7/c1-7-44-31(41)35-28(23(3)4)29(39)37-38(21-26-17-13-10-14-18-26)22-27(20-19-25-15-11-9-12-16-25)34-30(40)33(43,24(5)6)36-32(42)45-8-2/h9,11-12,15-16,23-24,26-28,43H,7-8,10,13-14,17-22H2,1-6H3,(H,34,40)(H,35,41)(H,36,42)(H,37,39)/t27-,28-,33+/m0/s1. The number of nitrogens with zero attached hydrogens (tertiary/aromatic N) is 1. The molecule has 12 heteroatoms. The Kier molecular flexibility index (Phi) is 16.1. The van der Waals surface area contributed by atoms with Crippen molar-refractivity contribution in [1.82, 2.24) is 26.4 Å². The van der Waals surface area contributed by atoms with Gasteiger partial charge in [0.25, 0.3) is 11.8 Å². The van der Waals surface area contributed by atoms with Crippen LogP contribution in [0.1, 0.15) is 85.6 Å². The number of alkyl carbamates (subject to hydrolysis) is 2. The molecule has 3 atom stereocenters. The molecule has 1 aromatic carbocycles. The molecule has 2 rings (SSSR count). The van der Waals surface area contributed by atoms with Crippen molar-refractivity contribution < 1.29 is 33.8 Å². The van der Waals surface area contributed by atoms with Gasteiger partial charge in [0.15, 0.2) is 0 Å². The zero-order chi connectivity index (χ0) is 33.4. The minimum atomic E-state index is -2.22. The molecule has 45 heavy (non-hydrogen) atoms. The average Bonchev–Trinajstić information content (AvgIpc) is 2.99. The van der Waals surface area contributed by atoms with Gasteiger partial charge in [-0.25, -0.2) is 14.6 Å².